The largest absolute Gasteiger partial charge is 0.477 e. The van der Waals surface area contributed by atoms with Crippen LogP contribution in [0.5, 0.6) is 11.5 Å². The van der Waals surface area contributed by atoms with Gasteiger partial charge in [-0.1, -0.05) is 6.07 Å². The molecule has 1 saturated heterocycles. The summed E-state index contributed by atoms with van der Waals surface area (Å²) in [4.78, 5) is 40.1. The maximum absolute atomic E-state index is 13.1. The Bertz CT molecular complexity index is 1030. The van der Waals surface area contributed by atoms with Crippen molar-refractivity contribution in [1.29, 1.82) is 0 Å². The summed E-state index contributed by atoms with van der Waals surface area (Å²) in [6, 6.07) is 2.74. The third-order valence-corrected chi connectivity index (χ3v) is 8.54. The van der Waals surface area contributed by atoms with Crippen LogP contribution in [0.2, 0.25) is 0 Å². The van der Waals surface area contributed by atoms with Crippen LogP contribution in [0.15, 0.2) is 12.1 Å². The van der Waals surface area contributed by atoms with E-state index in [1.165, 1.54) is 0 Å². The van der Waals surface area contributed by atoms with Gasteiger partial charge in [-0.05, 0) is 62.9 Å². The Labute approximate surface area is 196 Å². The highest BCUT2D eigenvalue weighted by atomic mass is 32.2. The number of amides is 1. The first-order chi connectivity index (χ1) is 15.7. The predicted octanol–water partition coefficient (Wildman–Crippen LogP) is 1.13. The maximum Gasteiger partial charge on any atom is 0.405 e. The molecule has 2 heterocycles. The van der Waals surface area contributed by atoms with Gasteiger partial charge in [0.05, 0.1) is 11.5 Å². The zero-order valence-electron chi connectivity index (χ0n) is 18.8. The van der Waals surface area contributed by atoms with Gasteiger partial charge in [0.25, 0.3) is 0 Å². The van der Waals surface area contributed by atoms with Crippen LogP contribution in [0, 0.1) is 0 Å². The summed E-state index contributed by atoms with van der Waals surface area (Å²) in [7, 11) is 2.00. The van der Waals surface area contributed by atoms with E-state index in [0.29, 0.717) is 38.0 Å². The van der Waals surface area contributed by atoms with Gasteiger partial charge >= 0.3 is 12.1 Å². The lowest BCUT2D eigenvalue weighted by Gasteiger charge is -2.62. The van der Waals surface area contributed by atoms with E-state index in [1.807, 2.05) is 19.4 Å². The van der Waals surface area contributed by atoms with Gasteiger partial charge in [-0.3, -0.25) is 9.69 Å². The molecule has 178 valence electrons. The van der Waals surface area contributed by atoms with E-state index < -0.39 is 35.2 Å². The van der Waals surface area contributed by atoms with E-state index in [0.717, 1.165) is 16.9 Å². The minimum absolute atomic E-state index is 0.0417. The van der Waals surface area contributed by atoms with Crippen LogP contribution in [0.1, 0.15) is 36.8 Å². The smallest absolute Gasteiger partial charge is 0.405 e. The number of carbonyl (C=O) groups is 3. The first-order valence-electron chi connectivity index (χ1n) is 11.3. The van der Waals surface area contributed by atoms with Gasteiger partial charge < -0.3 is 25.7 Å². The lowest BCUT2D eigenvalue weighted by Crippen LogP contribution is -2.77. The number of nitrogens with two attached hydrogens (primary N) is 2. The summed E-state index contributed by atoms with van der Waals surface area (Å²) in [5, 5.41) is 0. The Hall–Kier alpha value is -2.30. The molecule has 2 bridgehead atoms. The Kier molecular flexibility index (Phi) is 5.37. The molecule has 1 saturated carbocycles. The van der Waals surface area contributed by atoms with Gasteiger partial charge in [-0.25, -0.2) is 9.59 Å². The second kappa shape index (κ2) is 7.89. The fraction of sp³-hybridized carbons (Fsp3) is 0.609. The van der Waals surface area contributed by atoms with Gasteiger partial charge in [0.2, 0.25) is 0 Å². The minimum Gasteiger partial charge on any atom is -0.477 e. The lowest BCUT2D eigenvalue weighted by molar-refractivity contribution is -0.184. The van der Waals surface area contributed by atoms with E-state index in [4.69, 9.17) is 25.7 Å². The molecular formula is C23H29N3O6S. The SMILES string of the molecule is CSCC[C@H](N)C(=O)Oc1ccc2c3c1O[C@H]1C(=O)CC[C@@]4(OC(N)=O)[C@@H](C2)N(C)CC[C@]314. The highest BCUT2D eigenvalue weighted by Gasteiger charge is 2.75. The molecule has 0 unspecified atom stereocenters. The summed E-state index contributed by atoms with van der Waals surface area (Å²) >= 11 is 1.61. The lowest BCUT2D eigenvalue weighted by atomic mass is 9.49. The number of hydrogen-bond acceptors (Lipinski definition) is 9. The number of ketones is 1. The van der Waals surface area contributed by atoms with Crippen LogP contribution in [0.3, 0.4) is 0 Å². The van der Waals surface area contributed by atoms with Gasteiger partial charge in [-0.15, -0.1) is 0 Å². The highest BCUT2D eigenvalue weighted by Crippen LogP contribution is 2.65. The van der Waals surface area contributed by atoms with Crippen LogP contribution in [0.4, 0.5) is 4.79 Å². The molecule has 1 aromatic carbocycles. The number of thioether (sulfide) groups is 1. The fourth-order valence-electron chi connectivity index (χ4n) is 6.51. The molecule has 0 radical (unpaired) electrons. The number of ether oxygens (including phenoxy) is 3. The van der Waals surface area contributed by atoms with Crippen LogP contribution < -0.4 is 20.9 Å². The molecule has 33 heavy (non-hydrogen) atoms. The van der Waals surface area contributed by atoms with Crippen molar-refractivity contribution >= 4 is 29.6 Å². The Morgan fingerprint density at radius 1 is 1.36 bits per heavy atom. The first-order valence-corrected chi connectivity index (χ1v) is 12.6. The normalized spacial score (nSPS) is 32.5. The molecule has 5 atom stereocenters. The molecule has 0 aromatic heterocycles. The van der Waals surface area contributed by atoms with Gasteiger partial charge in [-0.2, -0.15) is 11.8 Å². The average Bonchev–Trinajstić information content (AvgIpc) is 3.13. The number of primary amides is 1. The van der Waals surface area contributed by atoms with Crippen molar-refractivity contribution in [3.63, 3.8) is 0 Å². The summed E-state index contributed by atoms with van der Waals surface area (Å²) in [6.45, 7) is 0.712. The molecule has 2 aliphatic heterocycles. The molecular weight excluding hydrogens is 446 g/mol. The standard InChI is InChI=1S/C23H29N3O6S/c1-26-9-8-22-17-12-3-4-15(30-20(28)13(24)6-10-33-2)18(17)31-19(22)14(27)5-7-23(22,16(26)11-12)32-21(25)29/h3-4,13,16,19H,5-11,24H2,1-2H3,(H2,25,29)/t13-,16+,19-,22-,23+/m0/s1. The summed E-state index contributed by atoms with van der Waals surface area (Å²) in [5.74, 6) is 0.795. The van der Waals surface area contributed by atoms with Gasteiger partial charge in [0.15, 0.2) is 23.4 Å². The average molecular weight is 476 g/mol. The van der Waals surface area contributed by atoms with Crippen molar-refractivity contribution in [2.75, 3.05) is 25.6 Å². The number of likely N-dealkylation sites (N-methyl/N-ethyl adjacent to an activating group) is 1. The highest BCUT2D eigenvalue weighted by molar-refractivity contribution is 7.98. The van der Waals surface area contributed by atoms with Crippen LogP contribution in [0.25, 0.3) is 0 Å². The molecule has 4 N–H and O–H groups in total. The molecule has 5 rings (SSSR count). The maximum atomic E-state index is 13.1. The zero-order valence-corrected chi connectivity index (χ0v) is 19.6. The van der Waals surface area contributed by atoms with E-state index in [9.17, 15) is 14.4 Å². The Morgan fingerprint density at radius 2 is 2.15 bits per heavy atom. The fourth-order valence-corrected chi connectivity index (χ4v) is 7.00. The van der Waals surface area contributed by atoms with Crippen LogP contribution in [-0.4, -0.2) is 72.1 Å². The van der Waals surface area contributed by atoms with Crippen molar-refractivity contribution in [3.05, 3.63) is 23.3 Å². The Morgan fingerprint density at radius 3 is 2.88 bits per heavy atom. The third-order valence-electron chi connectivity index (χ3n) is 7.90. The number of piperidine rings is 1. The van der Waals surface area contributed by atoms with Crippen molar-refractivity contribution < 1.29 is 28.6 Å². The molecule has 1 aromatic rings. The van der Waals surface area contributed by atoms with Crippen LogP contribution in [-0.2, 0) is 26.2 Å². The monoisotopic (exact) mass is 475 g/mol. The summed E-state index contributed by atoms with van der Waals surface area (Å²) < 4.78 is 18.0. The second-order valence-corrected chi connectivity index (χ2v) is 10.4. The van der Waals surface area contributed by atoms with Crippen molar-refractivity contribution in [2.45, 2.75) is 61.3 Å². The second-order valence-electron chi connectivity index (χ2n) is 9.43. The predicted molar refractivity (Wildman–Crippen MR) is 122 cm³/mol. The molecule has 2 fully saturated rings. The number of nitrogens with zero attached hydrogens (tertiary/aromatic N) is 1. The molecule has 1 amide bonds. The Balaban J connectivity index is 1.63. The van der Waals surface area contributed by atoms with Crippen molar-refractivity contribution in [1.82, 2.24) is 4.90 Å². The summed E-state index contributed by atoms with van der Waals surface area (Å²) in [6.07, 6.45) is 2.55. The molecule has 9 nitrogen and oxygen atoms in total. The molecule has 4 aliphatic rings. The number of hydrogen-bond donors (Lipinski definition) is 2. The number of carbonyl (C=O) groups excluding carboxylic acids is 3. The molecule has 10 heteroatoms. The molecule has 2 aliphatic carbocycles. The topological polar surface area (TPSA) is 134 Å². The number of likely N-dealkylation sites (tertiary alicyclic amines) is 1. The molecule has 1 spiro atoms. The number of rotatable bonds is 6. The number of Topliss-reactive ketones (excluding diaryl/α,β-unsaturated/α-hetero) is 1. The summed E-state index contributed by atoms with van der Waals surface area (Å²) in [5.41, 5.74) is 11.6. The number of esters is 1. The van der Waals surface area contributed by atoms with Crippen molar-refractivity contribution in [2.24, 2.45) is 11.5 Å². The first kappa shape index (κ1) is 22.5. The number of benzene rings is 1. The van der Waals surface area contributed by atoms with E-state index in [-0.39, 0.29) is 24.0 Å². The quantitative estimate of drug-likeness (QED) is 0.458. The van der Waals surface area contributed by atoms with Gasteiger partial charge in [0.1, 0.15) is 11.6 Å². The zero-order chi connectivity index (χ0) is 23.5. The minimum atomic E-state index is -0.986. The van der Waals surface area contributed by atoms with E-state index >= 15 is 0 Å². The van der Waals surface area contributed by atoms with Gasteiger partial charge in [0, 0.05) is 12.0 Å². The van der Waals surface area contributed by atoms with E-state index in [1.54, 1.807) is 17.8 Å². The van der Waals surface area contributed by atoms with Crippen LogP contribution >= 0.6 is 11.8 Å². The third kappa shape index (κ3) is 3.03. The van der Waals surface area contributed by atoms with Crippen molar-refractivity contribution in [3.8, 4) is 11.5 Å². The van der Waals surface area contributed by atoms with E-state index in [2.05, 4.69) is 4.90 Å².